The molecule has 0 unspecified atom stereocenters. The van der Waals surface area contributed by atoms with Gasteiger partial charge in [0.2, 0.25) is 0 Å². The molecule has 0 heterocycles. The number of nitrogen functional groups attached to an aromatic ring is 1. The van der Waals surface area contributed by atoms with Crippen LogP contribution in [0.3, 0.4) is 0 Å². The lowest BCUT2D eigenvalue weighted by Crippen LogP contribution is -1.86. The summed E-state index contributed by atoms with van der Waals surface area (Å²) in [5, 5.41) is 0. The van der Waals surface area contributed by atoms with E-state index >= 15 is 0 Å². The fraction of sp³-hybridized carbons (Fsp3) is 0.125. The van der Waals surface area contributed by atoms with Crippen LogP contribution in [0.25, 0.3) is 0 Å². The van der Waals surface area contributed by atoms with Crippen molar-refractivity contribution >= 4 is 5.69 Å². The molecule has 1 rings (SSSR count). The summed E-state index contributed by atoms with van der Waals surface area (Å²) in [4.78, 5) is 0. The molecule has 0 saturated heterocycles. The Labute approximate surface area is 55.5 Å². The summed E-state index contributed by atoms with van der Waals surface area (Å²) in [6, 6.07) is 5.51. The van der Waals surface area contributed by atoms with Crippen LogP contribution in [-0.2, 0) is 0 Å². The van der Waals surface area contributed by atoms with Crippen LogP contribution in [0.4, 0.5) is 5.69 Å². The van der Waals surface area contributed by atoms with Crippen molar-refractivity contribution in [2.75, 3.05) is 5.73 Å². The molecule has 0 fully saturated rings. The maximum absolute atomic E-state index is 5.54. The topological polar surface area (TPSA) is 26.0 Å². The molecule has 0 aliphatic carbocycles. The highest BCUT2D eigenvalue weighted by molar-refractivity contribution is 5.45. The Kier molecular flexibility index (Phi) is 1.43. The molecular weight excluding hydrogens is 110 g/mol. The number of hydrogen-bond donors (Lipinski definition) is 1. The molecule has 1 nitrogen and oxygen atoms in total. The molecule has 0 bridgehead atoms. The van der Waals surface area contributed by atoms with Gasteiger partial charge in [0.05, 0.1) is 0 Å². The average Bonchev–Trinajstić information content (AvgIpc) is 1.80. The third-order valence-corrected chi connectivity index (χ3v) is 1.30. The van der Waals surface area contributed by atoms with Crippen molar-refractivity contribution in [3.63, 3.8) is 0 Å². The molecule has 9 heavy (non-hydrogen) atoms. The second-order valence-electron chi connectivity index (χ2n) is 2.12. The molecule has 1 aromatic carbocycles. The molecule has 46 valence electrons. The van der Waals surface area contributed by atoms with Gasteiger partial charge >= 0.3 is 0 Å². The van der Waals surface area contributed by atoms with E-state index in [2.05, 4.69) is 0 Å². The fourth-order valence-electron chi connectivity index (χ4n) is 0.659. The minimum Gasteiger partial charge on any atom is -0.399 e. The van der Waals surface area contributed by atoms with Gasteiger partial charge in [-0.2, -0.15) is 0 Å². The highest BCUT2D eigenvalue weighted by atomic mass is 14.5. The normalized spacial score (nSPS) is 9.56. The van der Waals surface area contributed by atoms with Gasteiger partial charge in [-0.25, -0.2) is 0 Å². The summed E-state index contributed by atoms with van der Waals surface area (Å²) in [7, 11) is 0. The van der Waals surface area contributed by atoms with Gasteiger partial charge in [-0.1, -0.05) is 6.07 Å². The Hall–Kier alpha value is -0.980. The summed E-state index contributed by atoms with van der Waals surface area (Å²) in [6.45, 7) is 7.49. The van der Waals surface area contributed by atoms with Gasteiger partial charge < -0.3 is 5.73 Å². The van der Waals surface area contributed by atoms with E-state index in [1.807, 2.05) is 19.1 Å². The van der Waals surface area contributed by atoms with Crippen molar-refractivity contribution < 1.29 is 0 Å². The summed E-state index contributed by atoms with van der Waals surface area (Å²) in [5.41, 5.74) is 8.00. The van der Waals surface area contributed by atoms with Gasteiger partial charge in [-0.15, -0.1) is 0 Å². The number of rotatable bonds is 0. The van der Waals surface area contributed by atoms with Gasteiger partial charge in [-0.3, -0.25) is 0 Å². The highest BCUT2D eigenvalue weighted by Crippen LogP contribution is 2.09. The quantitative estimate of drug-likeness (QED) is 0.516. The Morgan fingerprint density at radius 3 is 2.56 bits per heavy atom. The highest BCUT2D eigenvalue weighted by Gasteiger charge is 1.89. The van der Waals surface area contributed by atoms with Crippen LogP contribution in [-0.4, -0.2) is 0 Å². The van der Waals surface area contributed by atoms with Gasteiger partial charge in [0, 0.05) is 5.69 Å². The van der Waals surface area contributed by atoms with Crippen LogP contribution >= 0.6 is 0 Å². The standard InChI is InChI=1S/C8H9N/c1-6-3-4-8(9)5-7(6)2/h2-5H,9H2,1H3. The Morgan fingerprint density at radius 2 is 2.11 bits per heavy atom. The van der Waals surface area contributed by atoms with Crippen molar-refractivity contribution in [3.05, 3.63) is 36.2 Å². The molecular formula is C8H9N. The lowest BCUT2D eigenvalue weighted by molar-refractivity contribution is 1.42. The average molecular weight is 119 g/mol. The SMILES string of the molecule is [CH]c1cc(N)ccc1C. The summed E-state index contributed by atoms with van der Waals surface area (Å²) < 4.78 is 0. The van der Waals surface area contributed by atoms with E-state index in [0.29, 0.717) is 0 Å². The number of nitrogens with two attached hydrogens (primary N) is 1. The van der Waals surface area contributed by atoms with Gasteiger partial charge in [-0.05, 0) is 37.1 Å². The first-order chi connectivity index (χ1) is 4.20. The minimum absolute atomic E-state index is 0.720. The third-order valence-electron chi connectivity index (χ3n) is 1.30. The van der Waals surface area contributed by atoms with Gasteiger partial charge in [0.1, 0.15) is 0 Å². The molecule has 0 amide bonds. The molecule has 0 saturated carbocycles. The van der Waals surface area contributed by atoms with E-state index in [1.165, 1.54) is 0 Å². The van der Waals surface area contributed by atoms with E-state index in [9.17, 15) is 0 Å². The van der Waals surface area contributed by atoms with Crippen LogP contribution in [0.2, 0.25) is 0 Å². The van der Waals surface area contributed by atoms with Crippen molar-refractivity contribution in [2.45, 2.75) is 6.92 Å². The second kappa shape index (κ2) is 2.09. The van der Waals surface area contributed by atoms with E-state index < -0.39 is 0 Å². The molecule has 1 heteroatoms. The molecule has 1 aromatic rings. The van der Waals surface area contributed by atoms with Crippen LogP contribution in [0.1, 0.15) is 11.1 Å². The van der Waals surface area contributed by atoms with Crippen molar-refractivity contribution in [1.29, 1.82) is 0 Å². The maximum Gasteiger partial charge on any atom is 0.0317 e. The second-order valence-corrected chi connectivity index (χ2v) is 2.12. The summed E-state index contributed by atoms with van der Waals surface area (Å²) in [6.07, 6.45) is 0. The zero-order chi connectivity index (χ0) is 6.85. The minimum atomic E-state index is 0.720. The first-order valence-corrected chi connectivity index (χ1v) is 2.82. The number of hydrogen-bond acceptors (Lipinski definition) is 1. The first-order valence-electron chi connectivity index (χ1n) is 2.82. The molecule has 0 aliphatic rings. The van der Waals surface area contributed by atoms with Crippen LogP contribution in [0.15, 0.2) is 18.2 Å². The van der Waals surface area contributed by atoms with E-state index in [-0.39, 0.29) is 0 Å². The van der Waals surface area contributed by atoms with Crippen LogP contribution < -0.4 is 5.73 Å². The Morgan fingerprint density at radius 1 is 1.44 bits per heavy atom. The molecule has 0 spiro atoms. The lowest BCUT2D eigenvalue weighted by atomic mass is 10.1. The third kappa shape index (κ3) is 1.22. The molecule has 0 aliphatic heterocycles. The van der Waals surface area contributed by atoms with Crippen molar-refractivity contribution in [2.24, 2.45) is 0 Å². The van der Waals surface area contributed by atoms with E-state index in [1.54, 1.807) is 6.07 Å². The van der Waals surface area contributed by atoms with Gasteiger partial charge in [0.15, 0.2) is 0 Å². The van der Waals surface area contributed by atoms with E-state index in [4.69, 9.17) is 12.7 Å². The number of benzene rings is 1. The van der Waals surface area contributed by atoms with Crippen LogP contribution in [0, 0.1) is 13.8 Å². The Balaban J connectivity index is 3.17. The molecule has 2 radical (unpaired) electrons. The van der Waals surface area contributed by atoms with Crippen molar-refractivity contribution in [1.82, 2.24) is 0 Å². The predicted octanol–water partition coefficient (Wildman–Crippen LogP) is 1.64. The largest absolute Gasteiger partial charge is 0.399 e. The Bertz CT molecular complexity index is 216. The molecule has 0 atom stereocenters. The number of anilines is 1. The van der Waals surface area contributed by atoms with E-state index in [0.717, 1.165) is 16.8 Å². The van der Waals surface area contributed by atoms with Crippen LogP contribution in [0.5, 0.6) is 0 Å². The van der Waals surface area contributed by atoms with Crippen molar-refractivity contribution in [3.8, 4) is 0 Å². The molecule has 2 N–H and O–H groups in total. The maximum atomic E-state index is 5.54. The zero-order valence-electron chi connectivity index (χ0n) is 5.39. The lowest BCUT2D eigenvalue weighted by Gasteiger charge is -1.98. The van der Waals surface area contributed by atoms with Gasteiger partial charge in [0.25, 0.3) is 0 Å². The first kappa shape index (κ1) is 6.14. The molecule has 0 aromatic heterocycles. The number of aryl methyl sites for hydroxylation is 1. The zero-order valence-corrected chi connectivity index (χ0v) is 5.39. The summed E-state index contributed by atoms with van der Waals surface area (Å²) >= 11 is 0. The fourth-order valence-corrected chi connectivity index (χ4v) is 0.659. The smallest absolute Gasteiger partial charge is 0.0317 e. The predicted molar refractivity (Wildman–Crippen MR) is 39.0 cm³/mol. The monoisotopic (exact) mass is 119 g/mol. The summed E-state index contributed by atoms with van der Waals surface area (Å²) in [5.74, 6) is 0.